The van der Waals surface area contributed by atoms with Gasteiger partial charge in [0.1, 0.15) is 17.5 Å². The predicted octanol–water partition coefficient (Wildman–Crippen LogP) is 4.29. The van der Waals surface area contributed by atoms with E-state index in [1.54, 1.807) is 18.3 Å². The van der Waals surface area contributed by atoms with Crippen LogP contribution >= 0.6 is 0 Å². The first-order valence-electron chi connectivity index (χ1n) is 9.70. The molecule has 1 saturated heterocycles. The van der Waals surface area contributed by atoms with Gasteiger partial charge >= 0.3 is 6.18 Å². The van der Waals surface area contributed by atoms with Crippen LogP contribution in [0, 0.1) is 0 Å². The van der Waals surface area contributed by atoms with E-state index in [4.69, 9.17) is 4.74 Å². The first-order valence-corrected chi connectivity index (χ1v) is 9.70. The molecular formula is C21H24F3N3O2. The Morgan fingerprint density at radius 3 is 2.41 bits per heavy atom. The average molecular weight is 407 g/mol. The van der Waals surface area contributed by atoms with Crippen molar-refractivity contribution in [3.05, 3.63) is 53.9 Å². The Hall–Kier alpha value is -2.77. The van der Waals surface area contributed by atoms with Crippen molar-refractivity contribution >= 4 is 11.6 Å². The molecular weight excluding hydrogens is 383 g/mol. The number of halogens is 3. The Balaban J connectivity index is 1.50. The van der Waals surface area contributed by atoms with Crippen molar-refractivity contribution in [2.45, 2.75) is 38.5 Å². The molecule has 1 aromatic carbocycles. The molecule has 0 bridgehead atoms. The Kier molecular flexibility index (Phi) is 6.61. The lowest BCUT2D eigenvalue weighted by atomic mass is 10.1. The van der Waals surface area contributed by atoms with Gasteiger partial charge in [0, 0.05) is 38.2 Å². The molecule has 1 aliphatic heterocycles. The Labute approximate surface area is 167 Å². The van der Waals surface area contributed by atoms with Gasteiger partial charge in [-0.3, -0.25) is 4.79 Å². The van der Waals surface area contributed by atoms with E-state index in [0.29, 0.717) is 31.1 Å². The zero-order valence-corrected chi connectivity index (χ0v) is 16.2. The Bertz CT molecular complexity index is 799. The number of amides is 1. The molecule has 0 spiro atoms. The highest BCUT2D eigenvalue weighted by molar-refractivity contribution is 5.92. The number of aromatic nitrogens is 1. The summed E-state index contributed by atoms with van der Waals surface area (Å²) in [6.07, 6.45) is -0.414. The topological polar surface area (TPSA) is 54.5 Å². The van der Waals surface area contributed by atoms with Crippen molar-refractivity contribution in [2.24, 2.45) is 0 Å². The molecule has 5 nitrogen and oxygen atoms in total. The highest BCUT2D eigenvalue weighted by Crippen LogP contribution is 2.31. The maximum Gasteiger partial charge on any atom is 0.416 e. The van der Waals surface area contributed by atoms with Crippen molar-refractivity contribution < 1.29 is 22.7 Å². The van der Waals surface area contributed by atoms with E-state index in [-0.39, 0.29) is 12.0 Å². The van der Waals surface area contributed by atoms with Crippen LogP contribution in [0.2, 0.25) is 0 Å². The summed E-state index contributed by atoms with van der Waals surface area (Å²) in [4.78, 5) is 18.1. The fourth-order valence-corrected chi connectivity index (χ4v) is 3.20. The number of carbonyl (C=O) groups is 1. The molecule has 1 aromatic heterocycles. The van der Waals surface area contributed by atoms with Crippen LogP contribution in [0.15, 0.2) is 42.6 Å². The summed E-state index contributed by atoms with van der Waals surface area (Å²) in [5.74, 6) is 0.397. The number of ether oxygens (including phenoxy) is 1. The summed E-state index contributed by atoms with van der Waals surface area (Å²) in [7, 11) is 0. The van der Waals surface area contributed by atoms with Gasteiger partial charge in [-0.1, -0.05) is 6.92 Å². The van der Waals surface area contributed by atoms with Gasteiger partial charge in [0.15, 0.2) is 0 Å². The second-order valence-corrected chi connectivity index (χ2v) is 6.98. The smallest absolute Gasteiger partial charge is 0.416 e. The molecule has 0 atom stereocenters. The van der Waals surface area contributed by atoms with Crippen molar-refractivity contribution in [3.8, 4) is 5.75 Å². The molecule has 0 saturated carbocycles. The number of nitrogens with zero attached hydrogens (tertiary/aromatic N) is 2. The van der Waals surface area contributed by atoms with Gasteiger partial charge in [-0.25, -0.2) is 4.98 Å². The second kappa shape index (κ2) is 9.15. The van der Waals surface area contributed by atoms with Crippen LogP contribution in [-0.4, -0.2) is 36.6 Å². The van der Waals surface area contributed by atoms with E-state index in [1.165, 1.54) is 12.1 Å². The summed E-state index contributed by atoms with van der Waals surface area (Å²) >= 11 is 0. The van der Waals surface area contributed by atoms with E-state index in [2.05, 4.69) is 15.2 Å². The third-order valence-electron chi connectivity index (χ3n) is 4.81. The third kappa shape index (κ3) is 5.62. The first kappa shape index (κ1) is 21.0. The van der Waals surface area contributed by atoms with Crippen LogP contribution in [0.3, 0.4) is 0 Å². The van der Waals surface area contributed by atoms with Gasteiger partial charge in [-0.05, 0) is 42.8 Å². The lowest BCUT2D eigenvalue weighted by molar-refractivity contribution is -0.137. The summed E-state index contributed by atoms with van der Waals surface area (Å²) < 4.78 is 44.0. The minimum Gasteiger partial charge on any atom is -0.489 e. The predicted molar refractivity (Wildman–Crippen MR) is 104 cm³/mol. The van der Waals surface area contributed by atoms with Crippen molar-refractivity contribution in [1.82, 2.24) is 10.3 Å². The minimum atomic E-state index is -4.32. The van der Waals surface area contributed by atoms with Crippen LogP contribution in [0.25, 0.3) is 0 Å². The quantitative estimate of drug-likeness (QED) is 0.776. The van der Waals surface area contributed by atoms with E-state index < -0.39 is 11.7 Å². The number of rotatable bonds is 6. The van der Waals surface area contributed by atoms with Crippen molar-refractivity contribution in [2.75, 3.05) is 24.5 Å². The second-order valence-electron chi connectivity index (χ2n) is 6.98. The first-order chi connectivity index (χ1) is 13.9. The summed E-state index contributed by atoms with van der Waals surface area (Å²) in [6, 6.07) is 8.61. The van der Waals surface area contributed by atoms with Gasteiger partial charge in [-0.2, -0.15) is 13.2 Å². The molecule has 1 N–H and O–H groups in total. The number of carbonyl (C=O) groups excluding carboxylic acids is 1. The molecule has 3 rings (SSSR count). The number of alkyl halides is 3. The maximum absolute atomic E-state index is 12.7. The molecule has 2 aromatic rings. The summed E-state index contributed by atoms with van der Waals surface area (Å²) in [5.41, 5.74) is 0.488. The van der Waals surface area contributed by atoms with Crippen molar-refractivity contribution in [3.63, 3.8) is 0 Å². The Morgan fingerprint density at radius 1 is 1.17 bits per heavy atom. The fraction of sp³-hybridized carbons (Fsp3) is 0.429. The minimum absolute atomic E-state index is 0.00210. The van der Waals surface area contributed by atoms with E-state index >= 15 is 0 Å². The summed E-state index contributed by atoms with van der Waals surface area (Å²) in [6.45, 7) is 3.98. The van der Waals surface area contributed by atoms with Crippen LogP contribution in [0.4, 0.5) is 18.9 Å². The Morgan fingerprint density at radius 2 is 1.86 bits per heavy atom. The van der Waals surface area contributed by atoms with Gasteiger partial charge in [0.05, 0.1) is 11.8 Å². The number of hydrogen-bond donors (Lipinski definition) is 1. The number of anilines is 1. The van der Waals surface area contributed by atoms with Gasteiger partial charge in [-0.15, -0.1) is 0 Å². The summed E-state index contributed by atoms with van der Waals surface area (Å²) in [5, 5.41) is 2.77. The monoisotopic (exact) mass is 407 g/mol. The zero-order valence-electron chi connectivity index (χ0n) is 16.2. The van der Waals surface area contributed by atoms with Crippen LogP contribution < -0.4 is 15.0 Å². The van der Waals surface area contributed by atoms with Gasteiger partial charge in [0.25, 0.3) is 5.91 Å². The van der Waals surface area contributed by atoms with Crippen LogP contribution in [0.5, 0.6) is 5.75 Å². The molecule has 8 heteroatoms. The average Bonchev–Trinajstić information content (AvgIpc) is 2.72. The highest BCUT2D eigenvalue weighted by atomic mass is 19.4. The SMILES string of the molecule is CCCNC(=O)c1ccc(OC2CCN(c3ccc(C(F)(F)F)cc3)CC2)cn1. The number of benzene rings is 1. The van der Waals surface area contributed by atoms with Crippen LogP contribution in [-0.2, 0) is 6.18 Å². The molecule has 2 heterocycles. The van der Waals surface area contributed by atoms with Gasteiger partial charge < -0.3 is 15.0 Å². The molecule has 29 heavy (non-hydrogen) atoms. The van der Waals surface area contributed by atoms with Crippen LogP contribution in [0.1, 0.15) is 42.2 Å². The standard InChI is InChI=1S/C21H24F3N3O2/c1-2-11-25-20(28)19-8-7-18(14-26-19)29-17-9-12-27(13-10-17)16-5-3-15(4-6-16)21(22,23)24/h3-8,14,17H,2,9-13H2,1H3,(H,25,28). The molecule has 1 fully saturated rings. The highest BCUT2D eigenvalue weighted by Gasteiger charge is 2.30. The number of nitrogens with one attached hydrogen (secondary N) is 1. The number of hydrogen-bond acceptors (Lipinski definition) is 4. The molecule has 156 valence electrons. The maximum atomic E-state index is 12.7. The van der Waals surface area contributed by atoms with E-state index in [1.807, 2.05) is 6.92 Å². The molecule has 1 amide bonds. The largest absolute Gasteiger partial charge is 0.489 e. The fourth-order valence-electron chi connectivity index (χ4n) is 3.20. The third-order valence-corrected chi connectivity index (χ3v) is 4.81. The van der Waals surface area contributed by atoms with Crippen molar-refractivity contribution in [1.29, 1.82) is 0 Å². The molecule has 0 unspecified atom stereocenters. The number of piperidine rings is 1. The lowest BCUT2D eigenvalue weighted by Crippen LogP contribution is -2.38. The number of pyridine rings is 1. The molecule has 1 aliphatic rings. The van der Waals surface area contributed by atoms with E-state index in [0.717, 1.165) is 37.1 Å². The molecule has 0 radical (unpaired) electrons. The lowest BCUT2D eigenvalue weighted by Gasteiger charge is -2.33. The van der Waals surface area contributed by atoms with E-state index in [9.17, 15) is 18.0 Å². The normalized spacial score (nSPS) is 15.2. The van der Waals surface area contributed by atoms with Gasteiger partial charge in [0.2, 0.25) is 0 Å². The molecule has 0 aliphatic carbocycles. The zero-order chi connectivity index (χ0) is 20.9.